The molecular weight excluding hydrogens is 262 g/mol. The average Bonchev–Trinajstić information content (AvgIpc) is 1.93. The Balaban J connectivity index is 3.34. The normalized spacial score (nSPS) is 9.80. The number of halogens is 2. The molecule has 0 saturated heterocycles. The average molecular weight is 268 g/mol. The SMILES string of the molecule is Nc1c(Cl)ccc(I)c1N. The molecule has 4 heteroatoms. The monoisotopic (exact) mass is 268 g/mol. The van der Waals surface area contributed by atoms with Crippen molar-refractivity contribution in [3.8, 4) is 0 Å². The Morgan fingerprint density at radius 2 is 1.80 bits per heavy atom. The van der Waals surface area contributed by atoms with Gasteiger partial charge in [-0.15, -0.1) is 0 Å². The van der Waals surface area contributed by atoms with E-state index in [1.807, 2.05) is 6.07 Å². The minimum atomic E-state index is 0.466. The third-order valence-electron chi connectivity index (χ3n) is 1.18. The van der Waals surface area contributed by atoms with Gasteiger partial charge in [0.25, 0.3) is 0 Å². The van der Waals surface area contributed by atoms with Crippen LogP contribution in [0.1, 0.15) is 0 Å². The molecule has 0 aliphatic rings. The highest BCUT2D eigenvalue weighted by atomic mass is 127. The molecule has 0 bridgehead atoms. The van der Waals surface area contributed by atoms with Gasteiger partial charge in [-0.1, -0.05) is 11.6 Å². The van der Waals surface area contributed by atoms with Gasteiger partial charge < -0.3 is 11.5 Å². The molecule has 0 atom stereocenters. The Bertz CT molecular complexity index is 235. The number of rotatable bonds is 0. The molecule has 0 saturated carbocycles. The lowest BCUT2D eigenvalue weighted by Crippen LogP contribution is -1.97. The van der Waals surface area contributed by atoms with Gasteiger partial charge >= 0.3 is 0 Å². The van der Waals surface area contributed by atoms with Crippen molar-refractivity contribution < 1.29 is 0 Å². The maximum Gasteiger partial charge on any atom is 0.0748 e. The van der Waals surface area contributed by atoms with E-state index in [1.165, 1.54) is 0 Å². The fourth-order valence-electron chi connectivity index (χ4n) is 0.583. The minimum Gasteiger partial charge on any atom is -0.396 e. The van der Waals surface area contributed by atoms with Crippen molar-refractivity contribution in [1.82, 2.24) is 0 Å². The lowest BCUT2D eigenvalue weighted by atomic mass is 10.3. The molecule has 2 nitrogen and oxygen atoms in total. The lowest BCUT2D eigenvalue weighted by molar-refractivity contribution is 1.61. The highest BCUT2D eigenvalue weighted by molar-refractivity contribution is 14.1. The number of benzene rings is 1. The molecule has 0 heterocycles. The fraction of sp³-hybridized carbons (Fsp3) is 0. The van der Waals surface area contributed by atoms with Gasteiger partial charge in [0.05, 0.1) is 16.4 Å². The number of hydrogen-bond donors (Lipinski definition) is 2. The van der Waals surface area contributed by atoms with Gasteiger partial charge in [-0.25, -0.2) is 0 Å². The topological polar surface area (TPSA) is 52.0 Å². The highest BCUT2D eigenvalue weighted by Crippen LogP contribution is 2.28. The molecule has 4 N–H and O–H groups in total. The summed E-state index contributed by atoms with van der Waals surface area (Å²) in [6, 6.07) is 3.56. The van der Waals surface area contributed by atoms with Gasteiger partial charge in [0.15, 0.2) is 0 Å². The van der Waals surface area contributed by atoms with E-state index in [-0.39, 0.29) is 0 Å². The molecule has 1 rings (SSSR count). The highest BCUT2D eigenvalue weighted by Gasteiger charge is 2.02. The van der Waals surface area contributed by atoms with Gasteiger partial charge in [-0.2, -0.15) is 0 Å². The van der Waals surface area contributed by atoms with Crippen LogP contribution in [0.2, 0.25) is 5.02 Å². The quantitative estimate of drug-likeness (QED) is 0.559. The molecule has 10 heavy (non-hydrogen) atoms. The van der Waals surface area contributed by atoms with Crippen molar-refractivity contribution in [3.63, 3.8) is 0 Å². The molecule has 0 unspecified atom stereocenters. The predicted octanol–water partition coefficient (Wildman–Crippen LogP) is 2.11. The van der Waals surface area contributed by atoms with Crippen molar-refractivity contribution in [2.75, 3.05) is 11.5 Å². The van der Waals surface area contributed by atoms with Crippen LogP contribution in [0.4, 0.5) is 11.4 Å². The molecule has 0 aromatic heterocycles. The van der Waals surface area contributed by atoms with Crippen molar-refractivity contribution in [3.05, 3.63) is 20.7 Å². The summed E-state index contributed by atoms with van der Waals surface area (Å²) in [5.74, 6) is 0. The summed E-state index contributed by atoms with van der Waals surface area (Å²) in [4.78, 5) is 0. The Labute approximate surface area is 77.7 Å². The van der Waals surface area contributed by atoms with Crippen LogP contribution in [0, 0.1) is 3.57 Å². The fourth-order valence-corrected chi connectivity index (χ4v) is 1.22. The Morgan fingerprint density at radius 3 is 2.30 bits per heavy atom. The first-order valence-corrected chi connectivity index (χ1v) is 4.07. The molecule has 0 aliphatic carbocycles. The summed E-state index contributed by atoms with van der Waals surface area (Å²) in [5, 5.41) is 0.512. The molecule has 0 radical (unpaired) electrons. The Hall–Kier alpha value is -0.160. The van der Waals surface area contributed by atoms with Crippen molar-refractivity contribution in [2.45, 2.75) is 0 Å². The molecule has 54 valence electrons. The van der Waals surface area contributed by atoms with Crippen LogP contribution in [0.15, 0.2) is 12.1 Å². The van der Waals surface area contributed by atoms with Gasteiger partial charge in [-0.3, -0.25) is 0 Å². The van der Waals surface area contributed by atoms with Crippen molar-refractivity contribution >= 4 is 45.6 Å². The number of nitrogen functional groups attached to an aromatic ring is 2. The molecule has 1 aromatic rings. The van der Waals surface area contributed by atoms with Crippen LogP contribution < -0.4 is 11.5 Å². The van der Waals surface area contributed by atoms with Gasteiger partial charge in [0, 0.05) is 3.57 Å². The van der Waals surface area contributed by atoms with E-state index in [0.29, 0.717) is 16.4 Å². The van der Waals surface area contributed by atoms with Gasteiger partial charge in [0.2, 0.25) is 0 Å². The first kappa shape index (κ1) is 7.94. The third-order valence-corrected chi connectivity index (χ3v) is 2.45. The van der Waals surface area contributed by atoms with Crippen molar-refractivity contribution in [2.24, 2.45) is 0 Å². The van der Waals surface area contributed by atoms with Crippen LogP contribution >= 0.6 is 34.2 Å². The zero-order valence-corrected chi connectivity index (χ0v) is 7.98. The van der Waals surface area contributed by atoms with E-state index in [4.69, 9.17) is 23.1 Å². The first-order valence-electron chi connectivity index (χ1n) is 2.62. The standard InChI is InChI=1S/C6H6ClIN2/c7-3-1-2-4(8)6(10)5(3)9/h1-2H,9-10H2. The second-order valence-corrected chi connectivity index (χ2v) is 3.43. The first-order chi connectivity index (χ1) is 4.63. The predicted molar refractivity (Wildman–Crippen MR) is 53.0 cm³/mol. The summed E-state index contributed by atoms with van der Waals surface area (Å²) >= 11 is 7.78. The van der Waals surface area contributed by atoms with E-state index >= 15 is 0 Å². The van der Waals surface area contributed by atoms with Crippen LogP contribution in [-0.4, -0.2) is 0 Å². The van der Waals surface area contributed by atoms with Crippen LogP contribution in [-0.2, 0) is 0 Å². The summed E-state index contributed by atoms with van der Waals surface area (Å²) < 4.78 is 0.930. The van der Waals surface area contributed by atoms with Crippen LogP contribution in [0.5, 0.6) is 0 Å². The summed E-state index contributed by atoms with van der Waals surface area (Å²) in [6.45, 7) is 0. The van der Waals surface area contributed by atoms with E-state index in [9.17, 15) is 0 Å². The summed E-state index contributed by atoms with van der Waals surface area (Å²) in [7, 11) is 0. The second-order valence-electron chi connectivity index (χ2n) is 1.86. The molecule has 0 aliphatic heterocycles. The van der Waals surface area contributed by atoms with Crippen LogP contribution in [0.25, 0.3) is 0 Å². The molecule has 0 amide bonds. The maximum atomic E-state index is 5.68. The van der Waals surface area contributed by atoms with Gasteiger partial charge in [-0.05, 0) is 34.7 Å². The van der Waals surface area contributed by atoms with E-state index < -0.39 is 0 Å². The molecule has 0 spiro atoms. The second kappa shape index (κ2) is 2.84. The van der Waals surface area contributed by atoms with E-state index in [2.05, 4.69) is 22.6 Å². The number of nitrogens with two attached hydrogens (primary N) is 2. The zero-order valence-electron chi connectivity index (χ0n) is 5.07. The lowest BCUT2D eigenvalue weighted by Gasteiger charge is -2.02. The Morgan fingerprint density at radius 1 is 1.20 bits per heavy atom. The smallest absolute Gasteiger partial charge is 0.0748 e. The largest absolute Gasteiger partial charge is 0.396 e. The van der Waals surface area contributed by atoms with Crippen LogP contribution in [0.3, 0.4) is 0 Å². The summed E-state index contributed by atoms with van der Waals surface area (Å²) in [5.41, 5.74) is 12.1. The molecular formula is C6H6ClIN2. The number of anilines is 2. The Kier molecular flexibility index (Phi) is 2.25. The maximum absolute atomic E-state index is 5.68. The zero-order chi connectivity index (χ0) is 7.72. The molecule has 1 aromatic carbocycles. The van der Waals surface area contributed by atoms with Gasteiger partial charge in [0.1, 0.15) is 0 Å². The van der Waals surface area contributed by atoms with Crippen molar-refractivity contribution in [1.29, 1.82) is 0 Å². The van der Waals surface area contributed by atoms with E-state index in [0.717, 1.165) is 3.57 Å². The third kappa shape index (κ3) is 1.29. The van der Waals surface area contributed by atoms with E-state index in [1.54, 1.807) is 6.07 Å². The minimum absolute atomic E-state index is 0.466. The summed E-state index contributed by atoms with van der Waals surface area (Å²) in [6.07, 6.45) is 0. The molecule has 0 fully saturated rings. The number of hydrogen-bond acceptors (Lipinski definition) is 2.